The van der Waals surface area contributed by atoms with E-state index < -0.39 is 0 Å². The summed E-state index contributed by atoms with van der Waals surface area (Å²) in [7, 11) is 1.78. The van der Waals surface area contributed by atoms with E-state index in [1.807, 2.05) is 43.5 Å². The summed E-state index contributed by atoms with van der Waals surface area (Å²) in [4.78, 5) is 23.2. The monoisotopic (exact) mass is 392 g/mol. The van der Waals surface area contributed by atoms with Crippen molar-refractivity contribution >= 4 is 11.8 Å². The summed E-state index contributed by atoms with van der Waals surface area (Å²) in [6.07, 6.45) is 1.83. The molecule has 7 nitrogen and oxygen atoms in total. The van der Waals surface area contributed by atoms with Crippen molar-refractivity contribution in [3.8, 4) is 6.07 Å². The summed E-state index contributed by atoms with van der Waals surface area (Å²) in [5.74, 6) is 1.03. The van der Waals surface area contributed by atoms with Gasteiger partial charge in [0.15, 0.2) is 0 Å². The molecule has 1 aliphatic heterocycles. The van der Waals surface area contributed by atoms with Gasteiger partial charge in [-0.05, 0) is 36.8 Å². The smallest absolute Gasteiger partial charge is 0.317 e. The lowest BCUT2D eigenvalue weighted by molar-refractivity contribution is 0.192. The largest absolute Gasteiger partial charge is 0.354 e. The third kappa shape index (κ3) is 5.93. The standard InChI is InChI=1S/C22H28N6O/c1-18(16-27-11-13-28(14-12-27)21-5-3-4-10-24-21)25-22(29)26(2)17-20-8-6-19(15-23)7-9-20/h3-10,18H,11-14,16-17H2,1-2H3,(H,25,29). The molecule has 1 N–H and O–H groups in total. The maximum Gasteiger partial charge on any atom is 0.317 e. The van der Waals surface area contributed by atoms with Crippen LogP contribution in [0.2, 0.25) is 0 Å². The second kappa shape index (κ2) is 9.89. The zero-order valence-electron chi connectivity index (χ0n) is 17.1. The molecular weight excluding hydrogens is 364 g/mol. The van der Waals surface area contributed by atoms with Crippen molar-refractivity contribution in [3.05, 3.63) is 59.8 Å². The van der Waals surface area contributed by atoms with E-state index in [-0.39, 0.29) is 12.1 Å². The zero-order valence-corrected chi connectivity index (χ0v) is 17.1. The highest BCUT2D eigenvalue weighted by Crippen LogP contribution is 2.12. The van der Waals surface area contributed by atoms with E-state index in [4.69, 9.17) is 5.26 Å². The van der Waals surface area contributed by atoms with Crippen LogP contribution < -0.4 is 10.2 Å². The number of anilines is 1. The molecule has 2 aromatic rings. The van der Waals surface area contributed by atoms with E-state index in [9.17, 15) is 4.79 Å². The molecule has 1 unspecified atom stereocenters. The fourth-order valence-electron chi connectivity index (χ4n) is 3.48. The molecule has 29 heavy (non-hydrogen) atoms. The van der Waals surface area contributed by atoms with Crippen LogP contribution in [0, 0.1) is 11.3 Å². The molecule has 3 rings (SSSR count). The third-order valence-corrected chi connectivity index (χ3v) is 5.10. The Morgan fingerprint density at radius 1 is 1.21 bits per heavy atom. The number of carbonyl (C=O) groups is 1. The number of urea groups is 1. The minimum Gasteiger partial charge on any atom is -0.354 e. The molecule has 0 spiro atoms. The van der Waals surface area contributed by atoms with Crippen molar-refractivity contribution < 1.29 is 4.79 Å². The van der Waals surface area contributed by atoms with Gasteiger partial charge < -0.3 is 15.1 Å². The Balaban J connectivity index is 1.41. The summed E-state index contributed by atoms with van der Waals surface area (Å²) < 4.78 is 0. The van der Waals surface area contributed by atoms with Gasteiger partial charge in [0.1, 0.15) is 5.82 Å². The van der Waals surface area contributed by atoms with E-state index in [0.717, 1.165) is 44.1 Å². The van der Waals surface area contributed by atoms with Crippen molar-refractivity contribution in [2.24, 2.45) is 0 Å². The molecule has 1 aromatic heterocycles. The first-order chi connectivity index (χ1) is 14.0. The number of pyridine rings is 1. The van der Waals surface area contributed by atoms with Crippen LogP contribution >= 0.6 is 0 Å². The number of carbonyl (C=O) groups excluding carboxylic acids is 1. The Kier molecular flexibility index (Phi) is 7.04. The van der Waals surface area contributed by atoms with Crippen LogP contribution in [0.5, 0.6) is 0 Å². The number of benzene rings is 1. The lowest BCUT2D eigenvalue weighted by Gasteiger charge is -2.36. The van der Waals surface area contributed by atoms with E-state index >= 15 is 0 Å². The lowest BCUT2D eigenvalue weighted by atomic mass is 10.1. The number of rotatable bonds is 6. The van der Waals surface area contributed by atoms with Gasteiger partial charge in [-0.25, -0.2) is 9.78 Å². The maximum atomic E-state index is 12.5. The highest BCUT2D eigenvalue weighted by molar-refractivity contribution is 5.74. The van der Waals surface area contributed by atoms with E-state index in [1.54, 1.807) is 24.1 Å². The number of amides is 2. The molecular formula is C22H28N6O. The fraction of sp³-hybridized carbons (Fsp3) is 0.409. The topological polar surface area (TPSA) is 75.5 Å². The van der Waals surface area contributed by atoms with Crippen LogP contribution in [0.25, 0.3) is 0 Å². The molecule has 1 aromatic carbocycles. The molecule has 1 aliphatic rings. The predicted molar refractivity (Wildman–Crippen MR) is 114 cm³/mol. The van der Waals surface area contributed by atoms with Gasteiger partial charge in [-0.3, -0.25) is 4.90 Å². The minimum absolute atomic E-state index is 0.0623. The molecule has 2 heterocycles. The Labute approximate surface area is 172 Å². The average molecular weight is 393 g/mol. The van der Waals surface area contributed by atoms with E-state index in [0.29, 0.717) is 12.1 Å². The number of hydrogen-bond acceptors (Lipinski definition) is 5. The molecule has 152 valence electrons. The maximum absolute atomic E-state index is 12.5. The van der Waals surface area contributed by atoms with Gasteiger partial charge in [0.25, 0.3) is 0 Å². The van der Waals surface area contributed by atoms with Gasteiger partial charge in [0, 0.05) is 58.6 Å². The van der Waals surface area contributed by atoms with Gasteiger partial charge in [-0.15, -0.1) is 0 Å². The third-order valence-electron chi connectivity index (χ3n) is 5.10. The number of hydrogen-bond donors (Lipinski definition) is 1. The number of aromatic nitrogens is 1. The summed E-state index contributed by atoms with van der Waals surface area (Å²) >= 11 is 0. The Bertz CT molecular complexity index is 825. The Morgan fingerprint density at radius 3 is 2.55 bits per heavy atom. The van der Waals surface area contributed by atoms with Crippen LogP contribution in [0.1, 0.15) is 18.1 Å². The zero-order chi connectivity index (χ0) is 20.6. The SMILES string of the molecule is CC(CN1CCN(c2ccccn2)CC1)NC(=O)N(C)Cc1ccc(C#N)cc1. The summed E-state index contributed by atoms with van der Waals surface area (Å²) in [5.41, 5.74) is 1.62. The number of nitrogens with zero attached hydrogens (tertiary/aromatic N) is 5. The molecule has 7 heteroatoms. The van der Waals surface area contributed by atoms with Crippen molar-refractivity contribution in [3.63, 3.8) is 0 Å². The van der Waals surface area contributed by atoms with Gasteiger partial charge >= 0.3 is 6.03 Å². The Morgan fingerprint density at radius 2 is 1.93 bits per heavy atom. The summed E-state index contributed by atoms with van der Waals surface area (Å²) in [6, 6.07) is 15.4. The quantitative estimate of drug-likeness (QED) is 0.816. The molecule has 0 bridgehead atoms. The van der Waals surface area contributed by atoms with Gasteiger partial charge in [-0.1, -0.05) is 18.2 Å². The molecule has 2 amide bonds. The summed E-state index contributed by atoms with van der Waals surface area (Å²) in [6.45, 7) is 7.17. The van der Waals surface area contributed by atoms with Crippen molar-refractivity contribution in [2.45, 2.75) is 19.5 Å². The van der Waals surface area contributed by atoms with Crippen LogP contribution in [0.4, 0.5) is 10.6 Å². The first-order valence-electron chi connectivity index (χ1n) is 9.94. The normalized spacial score (nSPS) is 15.4. The second-order valence-corrected chi connectivity index (χ2v) is 7.49. The van der Waals surface area contributed by atoms with Crippen LogP contribution in [-0.4, -0.2) is 66.6 Å². The fourth-order valence-corrected chi connectivity index (χ4v) is 3.48. The van der Waals surface area contributed by atoms with Crippen molar-refractivity contribution in [2.75, 3.05) is 44.7 Å². The highest BCUT2D eigenvalue weighted by Gasteiger charge is 2.20. The van der Waals surface area contributed by atoms with Crippen LogP contribution in [-0.2, 0) is 6.54 Å². The van der Waals surface area contributed by atoms with Gasteiger partial charge in [0.05, 0.1) is 11.6 Å². The number of piperazine rings is 1. The van der Waals surface area contributed by atoms with Gasteiger partial charge in [0.2, 0.25) is 0 Å². The Hall–Kier alpha value is -3.11. The molecule has 0 saturated carbocycles. The average Bonchev–Trinajstić information content (AvgIpc) is 2.75. The summed E-state index contributed by atoms with van der Waals surface area (Å²) in [5, 5.41) is 12.0. The number of nitrogens with one attached hydrogen (secondary N) is 1. The van der Waals surface area contributed by atoms with E-state index in [2.05, 4.69) is 26.2 Å². The van der Waals surface area contributed by atoms with Crippen LogP contribution in [0.15, 0.2) is 48.7 Å². The van der Waals surface area contributed by atoms with Crippen molar-refractivity contribution in [1.82, 2.24) is 20.1 Å². The van der Waals surface area contributed by atoms with Crippen LogP contribution in [0.3, 0.4) is 0 Å². The molecule has 0 radical (unpaired) electrons. The van der Waals surface area contributed by atoms with Crippen molar-refractivity contribution in [1.29, 1.82) is 5.26 Å². The first-order valence-corrected chi connectivity index (χ1v) is 9.94. The minimum atomic E-state index is -0.0889. The number of nitriles is 1. The first kappa shape index (κ1) is 20.6. The second-order valence-electron chi connectivity index (χ2n) is 7.49. The lowest BCUT2D eigenvalue weighted by Crippen LogP contribution is -2.52. The molecule has 0 aliphatic carbocycles. The van der Waals surface area contributed by atoms with E-state index in [1.165, 1.54) is 0 Å². The predicted octanol–water partition coefficient (Wildman–Crippen LogP) is 2.31. The molecule has 1 saturated heterocycles. The highest BCUT2D eigenvalue weighted by atomic mass is 16.2. The molecule has 1 fully saturated rings. The molecule has 1 atom stereocenters. The van der Waals surface area contributed by atoms with Gasteiger partial charge in [-0.2, -0.15) is 5.26 Å².